The zero-order chi connectivity index (χ0) is 13.9. The molecule has 0 amide bonds. The van der Waals surface area contributed by atoms with E-state index in [9.17, 15) is 4.79 Å². The van der Waals surface area contributed by atoms with Gasteiger partial charge in [-0.2, -0.15) is 0 Å². The second-order valence-corrected chi connectivity index (χ2v) is 4.76. The van der Waals surface area contributed by atoms with Crippen LogP contribution in [-0.4, -0.2) is 19.4 Å². The normalized spacial score (nSPS) is 10.7. The molecule has 0 bridgehead atoms. The predicted octanol–water partition coefficient (Wildman–Crippen LogP) is 3.75. The number of likely N-dealkylation sites (N-methyl/N-ethyl adjacent to an activating group) is 1. The molecule has 1 aromatic heterocycles. The summed E-state index contributed by atoms with van der Waals surface area (Å²) in [6.45, 7) is 0.327. The minimum absolute atomic E-state index is 0.0568. The van der Waals surface area contributed by atoms with Crippen molar-refractivity contribution in [3.8, 4) is 0 Å². The summed E-state index contributed by atoms with van der Waals surface area (Å²) in [6, 6.07) is 17.4. The van der Waals surface area contributed by atoms with Crippen molar-refractivity contribution in [3.63, 3.8) is 0 Å². The van der Waals surface area contributed by atoms with Crippen molar-refractivity contribution in [2.45, 2.75) is 0 Å². The first-order valence-corrected chi connectivity index (χ1v) is 6.51. The largest absolute Gasteiger partial charge is 0.464 e. The highest BCUT2D eigenvalue weighted by Gasteiger charge is 2.15. The molecule has 0 radical (unpaired) electrons. The number of furan rings is 1. The lowest BCUT2D eigenvalue weighted by Crippen LogP contribution is -2.25. The van der Waals surface area contributed by atoms with Crippen LogP contribution in [0.25, 0.3) is 11.0 Å². The van der Waals surface area contributed by atoms with Crippen LogP contribution in [-0.2, 0) is 0 Å². The van der Waals surface area contributed by atoms with Gasteiger partial charge in [0.2, 0.25) is 0 Å². The van der Waals surface area contributed by atoms with E-state index >= 15 is 0 Å². The molecule has 2 aromatic carbocycles. The maximum atomic E-state index is 12.4. The molecule has 3 aromatic rings. The van der Waals surface area contributed by atoms with Gasteiger partial charge in [-0.25, -0.2) is 0 Å². The van der Waals surface area contributed by atoms with Gasteiger partial charge in [-0.1, -0.05) is 36.4 Å². The van der Waals surface area contributed by atoms with Crippen molar-refractivity contribution in [1.29, 1.82) is 0 Å². The van der Waals surface area contributed by atoms with E-state index in [1.807, 2.05) is 66.5 Å². The highest BCUT2D eigenvalue weighted by Crippen LogP contribution is 2.22. The molecule has 0 aliphatic rings. The first kappa shape index (κ1) is 12.5. The van der Waals surface area contributed by atoms with Crippen molar-refractivity contribution in [1.82, 2.24) is 0 Å². The van der Waals surface area contributed by atoms with Gasteiger partial charge in [-0.05, 0) is 18.2 Å². The molecule has 3 heteroatoms. The Labute approximate surface area is 117 Å². The number of fused-ring (bicyclic) bond motifs is 1. The lowest BCUT2D eigenvalue weighted by molar-refractivity contribution is 0.100. The zero-order valence-corrected chi connectivity index (χ0v) is 11.2. The van der Waals surface area contributed by atoms with Crippen molar-refractivity contribution >= 4 is 22.4 Å². The van der Waals surface area contributed by atoms with E-state index in [-0.39, 0.29) is 5.78 Å². The molecule has 3 nitrogen and oxygen atoms in total. The fourth-order valence-electron chi connectivity index (χ4n) is 2.27. The molecule has 0 unspecified atom stereocenters. The molecule has 0 fully saturated rings. The van der Waals surface area contributed by atoms with Crippen molar-refractivity contribution < 1.29 is 9.21 Å². The Bertz CT molecular complexity index is 731. The Morgan fingerprint density at radius 1 is 1.05 bits per heavy atom. The van der Waals surface area contributed by atoms with E-state index < -0.39 is 0 Å². The fourth-order valence-corrected chi connectivity index (χ4v) is 2.27. The SMILES string of the molecule is CN(CC(=O)c1coc2ccccc12)c1ccccc1. The lowest BCUT2D eigenvalue weighted by Gasteiger charge is -2.17. The first-order valence-electron chi connectivity index (χ1n) is 6.51. The number of para-hydroxylation sites is 2. The number of Topliss-reactive ketones (excluding diaryl/α,β-unsaturated/α-hetero) is 1. The molecule has 3 rings (SSSR count). The smallest absolute Gasteiger partial charge is 0.185 e. The average Bonchev–Trinajstić information content (AvgIpc) is 2.92. The summed E-state index contributed by atoms with van der Waals surface area (Å²) in [5, 5.41) is 0.874. The maximum Gasteiger partial charge on any atom is 0.185 e. The minimum Gasteiger partial charge on any atom is -0.464 e. The monoisotopic (exact) mass is 265 g/mol. The van der Waals surface area contributed by atoms with Crippen LogP contribution in [0.3, 0.4) is 0 Å². The molecule has 0 aliphatic carbocycles. The van der Waals surface area contributed by atoms with Crippen LogP contribution in [0.2, 0.25) is 0 Å². The van der Waals surface area contributed by atoms with Gasteiger partial charge in [0.15, 0.2) is 5.78 Å². The molecule has 1 heterocycles. The molecule has 0 saturated carbocycles. The molecular weight excluding hydrogens is 250 g/mol. The molecule has 100 valence electrons. The summed E-state index contributed by atoms with van der Waals surface area (Å²) in [4.78, 5) is 14.3. The number of hydrogen-bond acceptors (Lipinski definition) is 3. The summed E-state index contributed by atoms with van der Waals surface area (Å²) in [5.74, 6) is 0.0568. The van der Waals surface area contributed by atoms with E-state index in [1.54, 1.807) is 6.26 Å². The Balaban J connectivity index is 1.83. The Hall–Kier alpha value is -2.55. The maximum absolute atomic E-state index is 12.4. The third kappa shape index (κ3) is 2.30. The number of benzene rings is 2. The van der Waals surface area contributed by atoms with Crippen LogP contribution in [0.15, 0.2) is 65.3 Å². The number of carbonyl (C=O) groups excluding carboxylic acids is 1. The van der Waals surface area contributed by atoms with Crippen LogP contribution in [0.4, 0.5) is 5.69 Å². The number of ketones is 1. The summed E-state index contributed by atoms with van der Waals surface area (Å²) in [7, 11) is 1.91. The number of rotatable bonds is 4. The molecule has 0 atom stereocenters. The number of anilines is 1. The lowest BCUT2D eigenvalue weighted by atomic mass is 10.1. The van der Waals surface area contributed by atoms with Gasteiger partial charge >= 0.3 is 0 Å². The highest BCUT2D eigenvalue weighted by molar-refractivity contribution is 6.08. The average molecular weight is 265 g/mol. The van der Waals surface area contributed by atoms with Crippen LogP contribution in [0.5, 0.6) is 0 Å². The quantitative estimate of drug-likeness (QED) is 0.674. The number of nitrogens with zero attached hydrogens (tertiary/aromatic N) is 1. The molecule has 0 N–H and O–H groups in total. The van der Waals surface area contributed by atoms with Gasteiger partial charge < -0.3 is 9.32 Å². The van der Waals surface area contributed by atoms with E-state index in [0.29, 0.717) is 12.1 Å². The van der Waals surface area contributed by atoms with E-state index in [0.717, 1.165) is 16.7 Å². The summed E-state index contributed by atoms with van der Waals surface area (Å²) in [6.07, 6.45) is 1.55. The van der Waals surface area contributed by atoms with E-state index in [4.69, 9.17) is 4.42 Å². The van der Waals surface area contributed by atoms with E-state index in [2.05, 4.69) is 0 Å². The van der Waals surface area contributed by atoms with Crippen LogP contribution >= 0.6 is 0 Å². The fraction of sp³-hybridized carbons (Fsp3) is 0.118. The Kier molecular flexibility index (Phi) is 3.25. The number of carbonyl (C=O) groups is 1. The van der Waals surface area contributed by atoms with Crippen LogP contribution in [0.1, 0.15) is 10.4 Å². The third-order valence-electron chi connectivity index (χ3n) is 3.36. The minimum atomic E-state index is 0.0568. The number of hydrogen-bond donors (Lipinski definition) is 0. The predicted molar refractivity (Wildman–Crippen MR) is 80.3 cm³/mol. The molecule has 0 aliphatic heterocycles. The van der Waals surface area contributed by atoms with Gasteiger partial charge in [0.05, 0.1) is 12.1 Å². The van der Waals surface area contributed by atoms with E-state index in [1.165, 1.54) is 0 Å². The van der Waals surface area contributed by atoms with Gasteiger partial charge in [0.25, 0.3) is 0 Å². The first-order chi connectivity index (χ1) is 9.75. The highest BCUT2D eigenvalue weighted by atomic mass is 16.3. The van der Waals surface area contributed by atoms with Crippen molar-refractivity contribution in [2.24, 2.45) is 0 Å². The van der Waals surface area contributed by atoms with Crippen molar-refractivity contribution in [2.75, 3.05) is 18.5 Å². The standard InChI is InChI=1S/C17H15NO2/c1-18(13-7-3-2-4-8-13)11-16(19)15-12-20-17-10-6-5-9-14(15)17/h2-10,12H,11H2,1H3. The Morgan fingerprint density at radius 3 is 2.55 bits per heavy atom. The van der Waals surface area contributed by atoms with Gasteiger partial charge in [-0.15, -0.1) is 0 Å². The molecule has 20 heavy (non-hydrogen) atoms. The van der Waals surface area contributed by atoms with Gasteiger partial charge in [0.1, 0.15) is 11.8 Å². The van der Waals surface area contributed by atoms with Gasteiger partial charge in [0, 0.05) is 18.1 Å². The second-order valence-electron chi connectivity index (χ2n) is 4.76. The second kappa shape index (κ2) is 5.21. The summed E-state index contributed by atoms with van der Waals surface area (Å²) >= 11 is 0. The van der Waals surface area contributed by atoms with Crippen molar-refractivity contribution in [3.05, 3.63) is 66.4 Å². The van der Waals surface area contributed by atoms with Crippen LogP contribution < -0.4 is 4.90 Å². The molecule has 0 spiro atoms. The summed E-state index contributed by atoms with van der Waals surface area (Å²) < 4.78 is 5.42. The van der Waals surface area contributed by atoms with Crippen LogP contribution in [0, 0.1) is 0 Å². The molecule has 0 saturated heterocycles. The topological polar surface area (TPSA) is 33.5 Å². The van der Waals surface area contributed by atoms with Gasteiger partial charge in [-0.3, -0.25) is 4.79 Å². The summed E-state index contributed by atoms with van der Waals surface area (Å²) in [5.41, 5.74) is 2.41. The zero-order valence-electron chi connectivity index (χ0n) is 11.2. The third-order valence-corrected chi connectivity index (χ3v) is 3.36. The molecular formula is C17H15NO2. The Morgan fingerprint density at radius 2 is 1.75 bits per heavy atom.